The molecule has 1 amide bonds. The van der Waals surface area contributed by atoms with Gasteiger partial charge in [0.1, 0.15) is 6.54 Å². The van der Waals surface area contributed by atoms with Crippen LogP contribution in [0.4, 0.5) is 5.69 Å². The molecule has 0 aliphatic heterocycles. The molecule has 0 unspecified atom stereocenters. The number of halogens is 2. The van der Waals surface area contributed by atoms with Crippen LogP contribution in [0.3, 0.4) is 0 Å². The minimum absolute atomic E-state index is 0.163. The van der Waals surface area contributed by atoms with E-state index in [0.29, 0.717) is 10.7 Å². The van der Waals surface area contributed by atoms with E-state index >= 15 is 0 Å². The van der Waals surface area contributed by atoms with Gasteiger partial charge in [-0.05, 0) is 24.3 Å². The fourth-order valence-corrected chi connectivity index (χ4v) is 1.85. The molecule has 4 nitrogen and oxygen atoms in total. The highest BCUT2D eigenvalue weighted by atomic mass is 79.9. The smallest absolute Gasteiger partial charge is 0.246 e. The fraction of sp³-hybridized carbons (Fsp3) is 0.0909. The third kappa shape index (κ3) is 3.31. The van der Waals surface area contributed by atoms with Gasteiger partial charge in [-0.25, -0.2) is 0 Å². The SMILES string of the molecule is O=C(Cn1cccn1)Nc1cc(Br)ccc1Cl. The van der Waals surface area contributed by atoms with Crippen LogP contribution in [0.25, 0.3) is 0 Å². The van der Waals surface area contributed by atoms with Crippen molar-refractivity contribution in [2.24, 2.45) is 0 Å². The topological polar surface area (TPSA) is 46.9 Å². The second-order valence-electron chi connectivity index (χ2n) is 3.38. The van der Waals surface area contributed by atoms with Crippen molar-refractivity contribution in [1.82, 2.24) is 9.78 Å². The van der Waals surface area contributed by atoms with Crippen molar-refractivity contribution in [2.75, 3.05) is 5.32 Å². The van der Waals surface area contributed by atoms with Crippen LogP contribution in [0.2, 0.25) is 5.02 Å². The van der Waals surface area contributed by atoms with Crippen molar-refractivity contribution < 1.29 is 4.79 Å². The number of hydrogen-bond donors (Lipinski definition) is 1. The quantitative estimate of drug-likeness (QED) is 0.947. The molecule has 0 aliphatic carbocycles. The Kier molecular flexibility index (Phi) is 3.81. The monoisotopic (exact) mass is 313 g/mol. The van der Waals surface area contributed by atoms with Crippen molar-refractivity contribution in [3.05, 3.63) is 46.2 Å². The largest absolute Gasteiger partial charge is 0.323 e. The number of rotatable bonds is 3. The molecule has 6 heteroatoms. The number of nitrogens with one attached hydrogen (secondary N) is 1. The van der Waals surface area contributed by atoms with Crippen molar-refractivity contribution >= 4 is 39.1 Å². The summed E-state index contributed by atoms with van der Waals surface area (Å²) in [6.45, 7) is 0.163. The van der Waals surface area contributed by atoms with Gasteiger partial charge in [0.2, 0.25) is 5.91 Å². The lowest BCUT2D eigenvalue weighted by Crippen LogP contribution is -2.19. The van der Waals surface area contributed by atoms with Gasteiger partial charge in [0, 0.05) is 16.9 Å². The first-order valence-corrected chi connectivity index (χ1v) is 6.04. The second kappa shape index (κ2) is 5.33. The Morgan fingerprint density at radius 2 is 2.35 bits per heavy atom. The molecule has 0 saturated heterocycles. The van der Waals surface area contributed by atoms with Crippen LogP contribution in [0, 0.1) is 0 Å². The number of aromatic nitrogens is 2. The van der Waals surface area contributed by atoms with Crippen molar-refractivity contribution in [2.45, 2.75) is 6.54 Å². The predicted molar refractivity (Wildman–Crippen MR) is 70.0 cm³/mol. The maximum absolute atomic E-state index is 11.7. The van der Waals surface area contributed by atoms with Gasteiger partial charge in [0.25, 0.3) is 0 Å². The lowest BCUT2D eigenvalue weighted by Gasteiger charge is -2.07. The Morgan fingerprint density at radius 3 is 3.06 bits per heavy atom. The molecule has 0 saturated carbocycles. The van der Waals surface area contributed by atoms with Gasteiger partial charge in [-0.3, -0.25) is 9.48 Å². The zero-order chi connectivity index (χ0) is 12.3. The van der Waals surface area contributed by atoms with E-state index in [1.807, 2.05) is 6.07 Å². The third-order valence-electron chi connectivity index (χ3n) is 2.07. The highest BCUT2D eigenvalue weighted by Crippen LogP contribution is 2.25. The maximum atomic E-state index is 11.7. The standard InChI is InChI=1S/C11H9BrClN3O/c12-8-2-3-9(13)10(6-8)15-11(17)7-16-5-1-4-14-16/h1-6H,7H2,(H,15,17). The van der Waals surface area contributed by atoms with E-state index in [4.69, 9.17) is 11.6 Å². The molecular weight excluding hydrogens is 305 g/mol. The molecule has 0 fully saturated rings. The summed E-state index contributed by atoms with van der Waals surface area (Å²) in [5.74, 6) is -0.172. The summed E-state index contributed by atoms with van der Waals surface area (Å²) >= 11 is 9.28. The van der Waals surface area contributed by atoms with Crippen molar-refractivity contribution in [3.63, 3.8) is 0 Å². The van der Waals surface area contributed by atoms with E-state index in [0.717, 1.165) is 4.47 Å². The zero-order valence-corrected chi connectivity index (χ0v) is 11.1. The second-order valence-corrected chi connectivity index (χ2v) is 4.70. The number of nitrogens with zero attached hydrogens (tertiary/aromatic N) is 2. The first-order valence-electron chi connectivity index (χ1n) is 4.87. The van der Waals surface area contributed by atoms with E-state index in [1.165, 1.54) is 0 Å². The number of anilines is 1. The molecular formula is C11H9BrClN3O. The Hall–Kier alpha value is -1.33. The molecule has 0 bridgehead atoms. The summed E-state index contributed by atoms with van der Waals surface area (Å²) in [5.41, 5.74) is 0.582. The van der Waals surface area contributed by atoms with E-state index in [1.54, 1.807) is 35.3 Å². The van der Waals surface area contributed by atoms with Crippen LogP contribution < -0.4 is 5.32 Å². The molecule has 0 aliphatic rings. The normalized spacial score (nSPS) is 10.2. The summed E-state index contributed by atoms with van der Waals surface area (Å²) in [4.78, 5) is 11.7. The number of benzene rings is 1. The van der Waals surface area contributed by atoms with E-state index in [2.05, 4.69) is 26.3 Å². The molecule has 1 aromatic heterocycles. The van der Waals surface area contributed by atoms with Crippen molar-refractivity contribution in [1.29, 1.82) is 0 Å². The summed E-state index contributed by atoms with van der Waals surface area (Å²) in [6, 6.07) is 7.04. The first-order chi connectivity index (χ1) is 8.15. The highest BCUT2D eigenvalue weighted by molar-refractivity contribution is 9.10. The Morgan fingerprint density at radius 1 is 1.53 bits per heavy atom. The molecule has 2 aromatic rings. The van der Waals surface area contributed by atoms with Crippen LogP contribution >= 0.6 is 27.5 Å². The molecule has 1 N–H and O–H groups in total. The number of amides is 1. The van der Waals surface area contributed by atoms with Gasteiger partial charge in [0.05, 0.1) is 10.7 Å². The summed E-state index contributed by atoms with van der Waals surface area (Å²) in [7, 11) is 0. The lowest BCUT2D eigenvalue weighted by molar-refractivity contribution is -0.116. The average molecular weight is 315 g/mol. The first kappa shape index (κ1) is 12.1. The lowest BCUT2D eigenvalue weighted by atomic mass is 10.3. The zero-order valence-electron chi connectivity index (χ0n) is 8.73. The fourth-order valence-electron chi connectivity index (χ4n) is 1.32. The van der Waals surface area contributed by atoms with Gasteiger partial charge in [0.15, 0.2) is 0 Å². The minimum atomic E-state index is -0.172. The summed E-state index contributed by atoms with van der Waals surface area (Å²) in [6.07, 6.45) is 3.35. The molecule has 1 heterocycles. The third-order valence-corrected chi connectivity index (χ3v) is 2.89. The van der Waals surface area contributed by atoms with Crippen LogP contribution in [0.15, 0.2) is 41.1 Å². The Bertz CT molecular complexity index is 528. The molecule has 2 rings (SSSR count). The van der Waals surface area contributed by atoms with E-state index < -0.39 is 0 Å². The number of carbonyl (C=O) groups is 1. The van der Waals surface area contributed by atoms with Gasteiger partial charge in [-0.2, -0.15) is 5.10 Å². The van der Waals surface area contributed by atoms with Crippen molar-refractivity contribution in [3.8, 4) is 0 Å². The van der Waals surface area contributed by atoms with Crippen LogP contribution in [0.1, 0.15) is 0 Å². The summed E-state index contributed by atoms with van der Waals surface area (Å²) in [5, 5.41) is 7.18. The van der Waals surface area contributed by atoms with Gasteiger partial charge in [-0.15, -0.1) is 0 Å². The van der Waals surface area contributed by atoms with E-state index in [-0.39, 0.29) is 12.5 Å². The Labute approximate surface area is 112 Å². The van der Waals surface area contributed by atoms with Gasteiger partial charge < -0.3 is 5.32 Å². The van der Waals surface area contributed by atoms with Gasteiger partial charge >= 0.3 is 0 Å². The van der Waals surface area contributed by atoms with Crippen LogP contribution in [0.5, 0.6) is 0 Å². The summed E-state index contributed by atoms with van der Waals surface area (Å²) < 4.78 is 2.40. The Balaban J connectivity index is 2.05. The molecule has 0 spiro atoms. The molecule has 0 radical (unpaired) electrons. The molecule has 88 valence electrons. The molecule has 0 atom stereocenters. The molecule has 17 heavy (non-hydrogen) atoms. The highest BCUT2D eigenvalue weighted by Gasteiger charge is 2.07. The van der Waals surface area contributed by atoms with Gasteiger partial charge in [-0.1, -0.05) is 27.5 Å². The van der Waals surface area contributed by atoms with Crippen LogP contribution in [-0.2, 0) is 11.3 Å². The predicted octanol–water partition coefficient (Wildman–Crippen LogP) is 2.94. The number of carbonyl (C=O) groups excluding carboxylic acids is 1. The minimum Gasteiger partial charge on any atom is -0.323 e. The number of hydrogen-bond acceptors (Lipinski definition) is 2. The average Bonchev–Trinajstić information content (AvgIpc) is 2.76. The maximum Gasteiger partial charge on any atom is 0.246 e. The van der Waals surface area contributed by atoms with Crippen LogP contribution in [-0.4, -0.2) is 15.7 Å². The molecule has 1 aromatic carbocycles. The van der Waals surface area contributed by atoms with E-state index in [9.17, 15) is 4.79 Å².